The number of hydrogen-bond donors (Lipinski definition) is 3. The maximum absolute atomic E-state index is 6.72. The maximum atomic E-state index is 6.72. The molecule has 78 valence electrons. The van der Waals surface area contributed by atoms with E-state index in [1.165, 1.54) is 0 Å². The third-order valence-electron chi connectivity index (χ3n) is 1.82. The molecule has 0 spiro atoms. The molecular formula is C7H16O5Si. The van der Waals surface area contributed by atoms with Crippen molar-refractivity contribution in [3.8, 4) is 0 Å². The van der Waals surface area contributed by atoms with E-state index in [9.17, 15) is 0 Å². The largest absolute Gasteiger partial charge is 0.492 e. The van der Waals surface area contributed by atoms with Gasteiger partial charge < -0.3 is 23.9 Å². The summed E-state index contributed by atoms with van der Waals surface area (Å²) < 4.78 is 30.8. The minimum absolute atomic E-state index is 0.151. The molecule has 0 aromatic heterocycles. The van der Waals surface area contributed by atoms with E-state index in [4.69, 9.17) is 13.8 Å². The van der Waals surface area contributed by atoms with Crippen molar-refractivity contribution < 1.29 is 23.9 Å². The fourth-order valence-electron chi connectivity index (χ4n) is 1.18. The highest BCUT2D eigenvalue weighted by Crippen LogP contribution is 2.13. The smallest absolute Gasteiger partial charge is 0.390 e. The predicted molar refractivity (Wildman–Crippen MR) is 46.8 cm³/mol. The van der Waals surface area contributed by atoms with Crippen molar-refractivity contribution in [1.82, 2.24) is 0 Å². The van der Waals surface area contributed by atoms with Crippen LogP contribution >= 0.6 is 0 Å². The highest BCUT2D eigenvalue weighted by Gasteiger charge is 2.26. The van der Waals surface area contributed by atoms with Gasteiger partial charge >= 0.3 is 8.80 Å². The standard InChI is InChI=1S/C7H16O5Si/c8-13(9,10)6-2-5-12-7-3-1-4-11-7/h7-10H,1-6H2/i8T,9T,10T. The first-order valence-corrected chi connectivity index (χ1v) is 6.35. The Bertz CT molecular complexity index is 181. The maximum Gasteiger partial charge on any atom is 0.492 e. The molecule has 6 heteroatoms. The molecule has 1 aliphatic heterocycles. The summed E-state index contributed by atoms with van der Waals surface area (Å²) in [4.78, 5) is 12.6. The molecule has 13 heavy (non-hydrogen) atoms. The van der Waals surface area contributed by atoms with E-state index in [0.717, 1.165) is 19.4 Å². The molecule has 1 heterocycles. The molecule has 1 atom stereocenters. The van der Waals surface area contributed by atoms with Crippen LogP contribution in [0.3, 0.4) is 0 Å². The van der Waals surface area contributed by atoms with Crippen LogP contribution in [0.1, 0.15) is 19.3 Å². The molecule has 0 aliphatic carbocycles. The molecule has 0 saturated carbocycles. The molecule has 1 rings (SSSR count). The molecule has 1 fully saturated rings. The second kappa shape index (κ2) is 5.04. The summed E-state index contributed by atoms with van der Waals surface area (Å²) in [6.07, 6.45) is 2.25. The van der Waals surface area contributed by atoms with E-state index in [2.05, 4.69) is 14.4 Å². The molecule has 0 amide bonds. The molecule has 1 aliphatic rings. The Balaban J connectivity index is 2.12. The number of ether oxygens (including phenoxy) is 2. The van der Waals surface area contributed by atoms with Gasteiger partial charge in [0.2, 0.25) is 0 Å². The van der Waals surface area contributed by atoms with Crippen molar-refractivity contribution in [2.75, 3.05) is 13.2 Å². The van der Waals surface area contributed by atoms with Gasteiger partial charge in [-0.2, -0.15) is 0 Å². The second-order valence-electron chi connectivity index (χ2n) is 3.10. The molecular weight excluding hydrogens is 192 g/mol. The van der Waals surface area contributed by atoms with Gasteiger partial charge in [0.25, 0.3) is 0 Å². The van der Waals surface area contributed by atoms with Crippen molar-refractivity contribution in [1.29, 1.82) is 4.29 Å². The zero-order valence-corrected chi connectivity index (χ0v) is 8.36. The van der Waals surface area contributed by atoms with E-state index in [1.807, 2.05) is 0 Å². The summed E-state index contributed by atoms with van der Waals surface area (Å²) in [6.45, 7) is 1.14. The van der Waals surface area contributed by atoms with Crippen molar-refractivity contribution in [2.45, 2.75) is 31.6 Å². The lowest BCUT2D eigenvalue weighted by atomic mass is 10.4. The minimum Gasteiger partial charge on any atom is -0.390 e. The van der Waals surface area contributed by atoms with Gasteiger partial charge in [-0.3, -0.25) is 0 Å². The normalized spacial score (nSPS) is 26.8. The fourth-order valence-corrected chi connectivity index (χ4v) is 1.76. The summed E-state index contributed by atoms with van der Waals surface area (Å²) in [5, 5.41) is 0. The van der Waals surface area contributed by atoms with Crippen LogP contribution in [0.15, 0.2) is 0 Å². The van der Waals surface area contributed by atoms with Gasteiger partial charge in [-0.05, 0) is 12.8 Å². The quantitative estimate of drug-likeness (QED) is 0.373. The Morgan fingerprint density at radius 3 is 3.00 bits per heavy atom. The van der Waals surface area contributed by atoms with E-state index in [1.54, 1.807) is 0 Å². The predicted octanol–water partition coefficient (Wildman–Crippen LogP) is -0.555. The van der Waals surface area contributed by atoms with Gasteiger partial charge in [0.05, 0.1) is 0 Å². The van der Waals surface area contributed by atoms with Gasteiger partial charge in [0.15, 0.2) is 10.6 Å². The molecule has 0 aromatic carbocycles. The Labute approximate surface area is 82.8 Å². The summed E-state index contributed by atoms with van der Waals surface area (Å²) in [5.41, 5.74) is 0. The third-order valence-corrected chi connectivity index (χ3v) is 2.78. The van der Waals surface area contributed by atoms with E-state index >= 15 is 0 Å². The fraction of sp³-hybridized carbons (Fsp3) is 1.00. The zero-order chi connectivity index (χ0) is 11.9. The minimum atomic E-state index is -3.41. The monoisotopic (exact) mass is 214 g/mol. The first kappa shape index (κ1) is 7.33. The van der Waals surface area contributed by atoms with Crippen LogP contribution in [0, 0.1) is 0 Å². The molecule has 0 radical (unpaired) electrons. The van der Waals surface area contributed by atoms with Gasteiger partial charge in [-0.1, -0.05) is 0 Å². The molecule has 5 nitrogen and oxygen atoms in total. The van der Waals surface area contributed by atoms with Crippen molar-refractivity contribution >= 4 is 8.80 Å². The molecule has 3 N–H and O–H groups in total. The van der Waals surface area contributed by atoms with E-state index < -0.39 is 8.80 Å². The van der Waals surface area contributed by atoms with Gasteiger partial charge in [-0.15, -0.1) is 0 Å². The van der Waals surface area contributed by atoms with Crippen LogP contribution in [0.25, 0.3) is 0 Å². The highest BCUT2D eigenvalue weighted by molar-refractivity contribution is 6.56. The lowest BCUT2D eigenvalue weighted by molar-refractivity contribution is -0.111. The van der Waals surface area contributed by atoms with Gasteiger partial charge in [-0.25, -0.2) is 0 Å². The average Bonchev–Trinajstić information content (AvgIpc) is 2.83. The van der Waals surface area contributed by atoms with Crippen LogP contribution < -0.4 is 0 Å². The lowest BCUT2D eigenvalue weighted by Gasteiger charge is -2.12. The molecule has 0 bridgehead atoms. The average molecular weight is 214 g/mol. The SMILES string of the molecule is [3H]O[Si](CCCOC1CCCO1)(O[3H])O[3H]. The number of rotatable bonds is 8. The molecule has 1 saturated heterocycles. The summed E-state index contributed by atoms with van der Waals surface area (Å²) >= 11 is 0. The van der Waals surface area contributed by atoms with Crippen LogP contribution in [0.4, 0.5) is 0 Å². The lowest BCUT2D eigenvalue weighted by Crippen LogP contribution is -2.34. The third kappa shape index (κ3) is 5.35. The summed E-state index contributed by atoms with van der Waals surface area (Å²) in [7, 11) is -3.41. The van der Waals surface area contributed by atoms with Crippen LogP contribution in [0.5, 0.6) is 0 Å². The summed E-state index contributed by atoms with van der Waals surface area (Å²) in [6, 6.07) is 0.205. The topological polar surface area (TPSA) is 79.2 Å². The molecule has 1 unspecified atom stereocenters. The first-order valence-electron chi connectivity index (χ1n) is 5.65. The van der Waals surface area contributed by atoms with Crippen molar-refractivity contribution in [2.24, 2.45) is 0 Å². The Morgan fingerprint density at radius 1 is 1.54 bits per heavy atom. The van der Waals surface area contributed by atoms with Gasteiger partial charge in [0, 0.05) is 25.7 Å². The van der Waals surface area contributed by atoms with Crippen molar-refractivity contribution in [3.63, 3.8) is 0 Å². The Kier molecular flexibility index (Phi) is 2.84. The number of hydrogen-bond acceptors (Lipinski definition) is 5. The second-order valence-corrected chi connectivity index (χ2v) is 4.97. The van der Waals surface area contributed by atoms with E-state index in [-0.39, 0.29) is 12.3 Å². The van der Waals surface area contributed by atoms with E-state index in [0.29, 0.717) is 13.0 Å². The highest BCUT2D eigenvalue weighted by atomic mass is 28.4. The summed E-state index contributed by atoms with van der Waals surface area (Å²) in [5.74, 6) is 0. The van der Waals surface area contributed by atoms with Gasteiger partial charge in [0.1, 0.15) is 0 Å². The zero-order valence-electron chi connectivity index (χ0n) is 10.4. The van der Waals surface area contributed by atoms with Crippen LogP contribution in [0.2, 0.25) is 6.04 Å². The first-order chi connectivity index (χ1) is 7.76. The Morgan fingerprint density at radius 2 is 2.38 bits per heavy atom. The molecule has 0 aromatic rings. The van der Waals surface area contributed by atoms with Crippen LogP contribution in [-0.2, 0) is 9.47 Å². The Hall–Kier alpha value is 0.0169. The van der Waals surface area contributed by atoms with Crippen LogP contribution in [-0.4, -0.2) is 47.0 Å². The van der Waals surface area contributed by atoms with Crippen molar-refractivity contribution in [3.05, 3.63) is 0 Å².